The Morgan fingerprint density at radius 3 is 2.96 bits per heavy atom. The van der Waals surface area contributed by atoms with Crippen LogP contribution in [-0.4, -0.2) is 44.8 Å². The van der Waals surface area contributed by atoms with Crippen molar-refractivity contribution in [2.75, 3.05) is 18.8 Å². The molecule has 1 unspecified atom stereocenters. The minimum atomic E-state index is 0.126. The maximum absolute atomic E-state index is 12.7. The fraction of sp³-hybridized carbons (Fsp3) is 0.500. The van der Waals surface area contributed by atoms with Crippen molar-refractivity contribution in [1.29, 1.82) is 0 Å². The predicted molar refractivity (Wildman–Crippen MR) is 104 cm³/mol. The number of piperidine rings is 1. The minimum Gasteiger partial charge on any atom is -0.431 e. The van der Waals surface area contributed by atoms with Crippen LogP contribution in [0.4, 0.5) is 0 Å². The van der Waals surface area contributed by atoms with Gasteiger partial charge in [0.1, 0.15) is 5.52 Å². The van der Waals surface area contributed by atoms with Crippen molar-refractivity contribution in [2.24, 2.45) is 5.92 Å². The summed E-state index contributed by atoms with van der Waals surface area (Å²) in [6.07, 6.45) is 5.18. The summed E-state index contributed by atoms with van der Waals surface area (Å²) in [5.41, 5.74) is 1.57. The zero-order valence-corrected chi connectivity index (χ0v) is 16.4. The predicted octanol–water partition coefficient (Wildman–Crippen LogP) is 3.66. The van der Waals surface area contributed by atoms with Crippen molar-refractivity contribution >= 4 is 28.8 Å². The van der Waals surface area contributed by atoms with Gasteiger partial charge in [0, 0.05) is 25.4 Å². The maximum Gasteiger partial charge on any atom is 0.257 e. The zero-order valence-electron chi connectivity index (χ0n) is 15.5. The number of likely N-dealkylation sites (tertiary alicyclic amines) is 1. The molecule has 1 saturated heterocycles. The summed E-state index contributed by atoms with van der Waals surface area (Å²) in [6.45, 7) is 1.55. The molecule has 2 aromatic heterocycles. The molecule has 1 atom stereocenters. The molecule has 1 amide bonds. The van der Waals surface area contributed by atoms with Gasteiger partial charge in [0.05, 0.1) is 5.75 Å². The van der Waals surface area contributed by atoms with Gasteiger partial charge in [-0.2, -0.15) is 4.98 Å². The Kier molecular flexibility index (Phi) is 4.80. The van der Waals surface area contributed by atoms with Crippen LogP contribution >= 0.6 is 11.8 Å². The molecule has 8 heteroatoms. The van der Waals surface area contributed by atoms with E-state index in [9.17, 15) is 4.79 Å². The van der Waals surface area contributed by atoms with Gasteiger partial charge in [0.2, 0.25) is 11.8 Å². The highest BCUT2D eigenvalue weighted by Crippen LogP contribution is 2.38. The number of oxazole rings is 1. The first-order valence-electron chi connectivity index (χ1n) is 9.83. The molecule has 1 saturated carbocycles. The van der Waals surface area contributed by atoms with Crippen LogP contribution in [0.1, 0.15) is 43.3 Å². The van der Waals surface area contributed by atoms with E-state index < -0.39 is 0 Å². The lowest BCUT2D eigenvalue weighted by Crippen LogP contribution is -2.41. The highest BCUT2D eigenvalue weighted by atomic mass is 32.2. The summed E-state index contributed by atoms with van der Waals surface area (Å²) in [5.74, 6) is 2.91. The van der Waals surface area contributed by atoms with Gasteiger partial charge in [0.15, 0.2) is 11.4 Å². The maximum atomic E-state index is 12.7. The first-order valence-corrected chi connectivity index (χ1v) is 10.8. The van der Waals surface area contributed by atoms with Crippen molar-refractivity contribution in [3.8, 4) is 0 Å². The van der Waals surface area contributed by atoms with Crippen molar-refractivity contribution < 1.29 is 13.7 Å². The number of amides is 1. The number of carbonyl (C=O) groups excluding carboxylic acids is 1. The molecule has 7 nitrogen and oxygen atoms in total. The fourth-order valence-corrected chi connectivity index (χ4v) is 4.43. The molecule has 0 spiro atoms. The fourth-order valence-electron chi connectivity index (χ4n) is 3.69. The van der Waals surface area contributed by atoms with Gasteiger partial charge in [-0.25, -0.2) is 4.98 Å². The molecule has 2 aliphatic rings. The van der Waals surface area contributed by atoms with Crippen LogP contribution in [0.2, 0.25) is 0 Å². The van der Waals surface area contributed by atoms with Crippen LogP contribution < -0.4 is 0 Å². The molecular formula is C20H22N4O3S. The Bertz CT molecular complexity index is 948. The summed E-state index contributed by atoms with van der Waals surface area (Å²) in [6, 6.07) is 7.63. The number of fused-ring (bicyclic) bond motifs is 1. The van der Waals surface area contributed by atoms with Crippen molar-refractivity contribution in [1.82, 2.24) is 20.0 Å². The minimum absolute atomic E-state index is 0.126. The van der Waals surface area contributed by atoms with E-state index >= 15 is 0 Å². The molecule has 3 aromatic rings. The SMILES string of the molecule is O=C(CSc1nc2ccccc2o1)N1CCCC(Cc2nc(C3CC3)no2)C1. The summed E-state index contributed by atoms with van der Waals surface area (Å²) < 4.78 is 11.1. The van der Waals surface area contributed by atoms with Gasteiger partial charge >= 0.3 is 0 Å². The number of hydrogen-bond acceptors (Lipinski definition) is 7. The van der Waals surface area contributed by atoms with Gasteiger partial charge in [-0.3, -0.25) is 4.79 Å². The van der Waals surface area contributed by atoms with Crippen LogP contribution in [-0.2, 0) is 11.2 Å². The number of benzene rings is 1. The van der Waals surface area contributed by atoms with E-state index in [1.807, 2.05) is 29.2 Å². The van der Waals surface area contributed by atoms with Gasteiger partial charge in [-0.1, -0.05) is 29.1 Å². The standard InChI is InChI=1S/C20H22N4O3S/c25-18(12-28-20-21-15-5-1-2-6-16(15)26-20)24-9-3-4-13(11-24)10-17-22-19(23-27-17)14-7-8-14/h1-2,5-6,13-14H,3-4,7-12H2. The molecule has 0 radical (unpaired) electrons. The Balaban J connectivity index is 1.15. The second-order valence-corrected chi connectivity index (χ2v) is 8.54. The summed E-state index contributed by atoms with van der Waals surface area (Å²) >= 11 is 1.36. The van der Waals surface area contributed by atoms with Gasteiger partial charge < -0.3 is 13.8 Å². The van der Waals surface area contributed by atoms with Crippen LogP contribution in [0.15, 0.2) is 38.4 Å². The van der Waals surface area contributed by atoms with Crippen molar-refractivity contribution in [3.63, 3.8) is 0 Å². The average molecular weight is 398 g/mol. The van der Waals surface area contributed by atoms with Crippen LogP contribution in [0.25, 0.3) is 11.1 Å². The lowest BCUT2D eigenvalue weighted by molar-refractivity contribution is -0.130. The van der Waals surface area contributed by atoms with Gasteiger partial charge in [-0.15, -0.1) is 0 Å². The molecule has 1 aliphatic carbocycles. The molecule has 0 N–H and O–H groups in total. The van der Waals surface area contributed by atoms with Gasteiger partial charge in [-0.05, 0) is 43.7 Å². The van der Waals surface area contributed by atoms with Crippen molar-refractivity contribution in [3.05, 3.63) is 36.0 Å². The Morgan fingerprint density at radius 2 is 2.11 bits per heavy atom. The zero-order chi connectivity index (χ0) is 18.9. The van der Waals surface area contributed by atoms with Crippen molar-refractivity contribution in [2.45, 2.75) is 43.2 Å². The molecular weight excluding hydrogens is 376 g/mol. The number of aromatic nitrogens is 3. The quantitative estimate of drug-likeness (QED) is 0.586. The third kappa shape index (κ3) is 3.92. The molecule has 28 heavy (non-hydrogen) atoms. The van der Waals surface area contributed by atoms with E-state index in [1.165, 1.54) is 24.6 Å². The molecule has 146 valence electrons. The lowest BCUT2D eigenvalue weighted by Gasteiger charge is -2.32. The second kappa shape index (κ2) is 7.58. The molecule has 5 rings (SSSR count). The topological polar surface area (TPSA) is 85.3 Å². The smallest absolute Gasteiger partial charge is 0.257 e. The Labute approximate surface area is 166 Å². The van der Waals surface area contributed by atoms with E-state index in [1.54, 1.807) is 0 Å². The van der Waals surface area contributed by atoms with E-state index in [-0.39, 0.29) is 5.91 Å². The third-order valence-electron chi connectivity index (χ3n) is 5.35. The largest absolute Gasteiger partial charge is 0.431 e. The van der Waals surface area contributed by atoms with Crippen LogP contribution in [0.3, 0.4) is 0 Å². The number of rotatable bonds is 6. The molecule has 3 heterocycles. The number of carbonyl (C=O) groups is 1. The summed E-state index contributed by atoms with van der Waals surface area (Å²) in [5, 5.41) is 4.63. The van der Waals surface area contributed by atoms with E-state index in [4.69, 9.17) is 8.94 Å². The number of thioether (sulfide) groups is 1. The summed E-state index contributed by atoms with van der Waals surface area (Å²) in [7, 11) is 0. The molecule has 1 aliphatic heterocycles. The van der Waals surface area contributed by atoms with E-state index in [0.717, 1.165) is 49.3 Å². The first-order chi connectivity index (χ1) is 13.7. The highest BCUT2D eigenvalue weighted by Gasteiger charge is 2.30. The summed E-state index contributed by atoms with van der Waals surface area (Å²) in [4.78, 5) is 23.6. The molecule has 0 bridgehead atoms. The molecule has 2 fully saturated rings. The Hall–Kier alpha value is -2.35. The van der Waals surface area contributed by atoms with Crippen LogP contribution in [0.5, 0.6) is 0 Å². The van der Waals surface area contributed by atoms with E-state index in [2.05, 4.69) is 15.1 Å². The lowest BCUT2D eigenvalue weighted by atomic mass is 9.95. The number of para-hydroxylation sites is 2. The molecule has 1 aromatic carbocycles. The third-order valence-corrected chi connectivity index (χ3v) is 6.17. The van der Waals surface area contributed by atoms with Gasteiger partial charge in [0.25, 0.3) is 5.22 Å². The first kappa shape index (κ1) is 17.7. The van der Waals surface area contributed by atoms with E-state index in [0.29, 0.717) is 28.7 Å². The van der Waals surface area contributed by atoms with Crippen LogP contribution in [0, 0.1) is 5.92 Å². The number of nitrogens with zero attached hydrogens (tertiary/aromatic N) is 4. The monoisotopic (exact) mass is 398 g/mol. The highest BCUT2D eigenvalue weighted by molar-refractivity contribution is 7.99. The average Bonchev–Trinajstić information content (AvgIpc) is 3.32. The normalized spacial score (nSPS) is 20.0. The number of hydrogen-bond donors (Lipinski definition) is 0. The Morgan fingerprint density at radius 1 is 1.21 bits per heavy atom. The second-order valence-electron chi connectivity index (χ2n) is 7.61.